The maximum Gasteiger partial charge on any atom is 0.259 e. The molecule has 0 atom stereocenters. The number of rotatable bonds is 5. The normalized spacial score (nSPS) is 10.2. The molecule has 0 aliphatic heterocycles. The second-order valence-electron chi connectivity index (χ2n) is 5.98. The summed E-state index contributed by atoms with van der Waals surface area (Å²) in [4.78, 5) is 16.9. The Morgan fingerprint density at radius 3 is 2.67 bits per heavy atom. The van der Waals surface area contributed by atoms with Crippen molar-refractivity contribution in [2.45, 2.75) is 17.7 Å². The van der Waals surface area contributed by atoms with E-state index in [9.17, 15) is 10.1 Å². The van der Waals surface area contributed by atoms with Crippen LogP contribution in [0.3, 0.4) is 0 Å². The van der Waals surface area contributed by atoms with Gasteiger partial charge in [0.1, 0.15) is 16.9 Å². The number of pyridine rings is 1. The summed E-state index contributed by atoms with van der Waals surface area (Å²) in [6.07, 6.45) is 0. The van der Waals surface area contributed by atoms with Crippen LogP contribution < -0.4 is 11.1 Å². The molecule has 27 heavy (non-hydrogen) atoms. The number of amides is 1. The van der Waals surface area contributed by atoms with Crippen LogP contribution in [0, 0.1) is 18.3 Å². The molecular weight excluding hydrogens is 356 g/mol. The van der Waals surface area contributed by atoms with Crippen molar-refractivity contribution >= 4 is 29.2 Å². The number of nitrogen functional groups attached to an aromatic ring is 1. The lowest BCUT2D eigenvalue weighted by Crippen LogP contribution is -2.15. The Labute approximate surface area is 162 Å². The summed E-state index contributed by atoms with van der Waals surface area (Å²) in [6.45, 7) is 1.94. The number of thioether (sulfide) groups is 1. The van der Waals surface area contributed by atoms with Crippen molar-refractivity contribution in [3.05, 3.63) is 82.9 Å². The van der Waals surface area contributed by atoms with Gasteiger partial charge in [-0.05, 0) is 36.2 Å². The topological polar surface area (TPSA) is 91.8 Å². The number of hydrogen-bond donors (Lipinski definition) is 2. The minimum Gasteiger partial charge on any atom is -0.383 e. The first-order valence-corrected chi connectivity index (χ1v) is 9.30. The predicted molar refractivity (Wildman–Crippen MR) is 108 cm³/mol. The molecule has 0 saturated heterocycles. The van der Waals surface area contributed by atoms with E-state index in [1.807, 2.05) is 55.5 Å². The fourth-order valence-corrected chi connectivity index (χ4v) is 3.45. The second-order valence-corrected chi connectivity index (χ2v) is 6.95. The van der Waals surface area contributed by atoms with Crippen LogP contribution in [0.15, 0.2) is 65.7 Å². The largest absolute Gasteiger partial charge is 0.383 e. The number of anilines is 2. The zero-order chi connectivity index (χ0) is 19.2. The van der Waals surface area contributed by atoms with E-state index in [4.69, 9.17) is 5.73 Å². The van der Waals surface area contributed by atoms with Gasteiger partial charge in [0, 0.05) is 11.4 Å². The fraction of sp³-hybridized carbons (Fsp3) is 0.0952. The summed E-state index contributed by atoms with van der Waals surface area (Å²) in [7, 11) is 0. The van der Waals surface area contributed by atoms with Gasteiger partial charge in [0.15, 0.2) is 0 Å². The molecule has 0 radical (unpaired) electrons. The van der Waals surface area contributed by atoms with E-state index in [0.29, 0.717) is 22.0 Å². The van der Waals surface area contributed by atoms with Gasteiger partial charge in [-0.15, -0.1) is 11.8 Å². The van der Waals surface area contributed by atoms with Gasteiger partial charge in [0.25, 0.3) is 5.91 Å². The highest BCUT2D eigenvalue weighted by Crippen LogP contribution is 2.27. The maximum atomic E-state index is 12.6. The van der Waals surface area contributed by atoms with Gasteiger partial charge < -0.3 is 11.1 Å². The first-order valence-electron chi connectivity index (χ1n) is 8.32. The molecule has 0 spiro atoms. The predicted octanol–water partition coefficient (Wildman–Crippen LogP) is 4.39. The highest BCUT2D eigenvalue weighted by atomic mass is 32.2. The number of nitrogens with one attached hydrogen (secondary N) is 1. The number of hydrogen-bond acceptors (Lipinski definition) is 5. The van der Waals surface area contributed by atoms with E-state index in [0.717, 1.165) is 11.1 Å². The van der Waals surface area contributed by atoms with E-state index in [-0.39, 0.29) is 17.3 Å². The van der Waals surface area contributed by atoms with Crippen LogP contribution in [0.25, 0.3) is 0 Å². The molecule has 1 amide bonds. The molecule has 3 N–H and O–H groups in total. The molecule has 3 rings (SSSR count). The van der Waals surface area contributed by atoms with Gasteiger partial charge in [0.05, 0.1) is 11.1 Å². The Morgan fingerprint density at radius 2 is 1.96 bits per heavy atom. The Hall–Kier alpha value is -3.30. The fourth-order valence-electron chi connectivity index (χ4n) is 2.53. The molecule has 0 aliphatic carbocycles. The maximum absolute atomic E-state index is 12.6. The second kappa shape index (κ2) is 8.39. The first kappa shape index (κ1) is 18.5. The van der Waals surface area contributed by atoms with Gasteiger partial charge in [-0.2, -0.15) is 5.26 Å². The Morgan fingerprint density at radius 1 is 1.19 bits per heavy atom. The molecule has 3 aromatic rings. The lowest BCUT2D eigenvalue weighted by Gasteiger charge is -2.10. The number of nitrogens with two attached hydrogens (primary N) is 1. The van der Waals surface area contributed by atoms with E-state index in [2.05, 4.69) is 16.4 Å². The highest BCUT2D eigenvalue weighted by Gasteiger charge is 2.16. The van der Waals surface area contributed by atoms with E-state index < -0.39 is 0 Å². The summed E-state index contributed by atoms with van der Waals surface area (Å²) < 4.78 is 0. The van der Waals surface area contributed by atoms with E-state index in [1.165, 1.54) is 17.8 Å². The van der Waals surface area contributed by atoms with E-state index >= 15 is 0 Å². The van der Waals surface area contributed by atoms with Crippen LogP contribution in [-0.4, -0.2) is 10.9 Å². The van der Waals surface area contributed by atoms with Crippen molar-refractivity contribution in [3.8, 4) is 6.07 Å². The van der Waals surface area contributed by atoms with Crippen LogP contribution in [0.5, 0.6) is 0 Å². The number of nitrogens with zero attached hydrogens (tertiary/aromatic N) is 2. The zero-order valence-electron chi connectivity index (χ0n) is 14.8. The summed E-state index contributed by atoms with van der Waals surface area (Å²) in [5, 5.41) is 12.8. The molecule has 0 fully saturated rings. The molecule has 0 unspecified atom stereocenters. The standard InChI is InChI=1S/C21H18N4OS/c1-14-6-5-9-17(10-14)24-20(26)18-11-16(12-22)21(25-19(18)23)27-13-15-7-3-2-4-8-15/h2-11H,13H2,1H3,(H2,23,25)(H,24,26). The molecular formula is C21H18N4OS. The van der Waals surface area contributed by atoms with Crippen LogP contribution in [-0.2, 0) is 5.75 Å². The first-order chi connectivity index (χ1) is 13.1. The number of carbonyl (C=O) groups is 1. The lowest BCUT2D eigenvalue weighted by atomic mass is 10.1. The quantitative estimate of drug-likeness (QED) is 0.646. The summed E-state index contributed by atoms with van der Waals surface area (Å²) in [6, 6.07) is 20.9. The minimum absolute atomic E-state index is 0.106. The van der Waals surface area contributed by atoms with Gasteiger partial charge >= 0.3 is 0 Å². The van der Waals surface area contributed by atoms with Crippen molar-refractivity contribution in [3.63, 3.8) is 0 Å². The van der Waals surface area contributed by atoms with Crippen LogP contribution in [0.1, 0.15) is 27.0 Å². The molecule has 134 valence electrons. The van der Waals surface area contributed by atoms with Crippen LogP contribution in [0.2, 0.25) is 0 Å². The smallest absolute Gasteiger partial charge is 0.259 e. The van der Waals surface area contributed by atoms with Crippen LogP contribution >= 0.6 is 11.8 Å². The van der Waals surface area contributed by atoms with Crippen molar-refractivity contribution in [2.24, 2.45) is 0 Å². The molecule has 0 saturated carbocycles. The van der Waals surface area contributed by atoms with Gasteiger partial charge in [-0.1, -0.05) is 42.5 Å². The Balaban J connectivity index is 1.81. The molecule has 5 nitrogen and oxygen atoms in total. The van der Waals surface area contributed by atoms with Crippen molar-refractivity contribution < 1.29 is 4.79 Å². The number of benzene rings is 2. The highest BCUT2D eigenvalue weighted by molar-refractivity contribution is 7.98. The number of aryl methyl sites for hydroxylation is 1. The number of carbonyl (C=O) groups excluding carboxylic acids is 1. The average molecular weight is 374 g/mol. The summed E-state index contributed by atoms with van der Waals surface area (Å²) >= 11 is 1.42. The lowest BCUT2D eigenvalue weighted by molar-refractivity contribution is 0.102. The molecule has 1 aromatic heterocycles. The molecule has 1 heterocycles. The zero-order valence-corrected chi connectivity index (χ0v) is 15.6. The van der Waals surface area contributed by atoms with Gasteiger partial charge in [-0.25, -0.2) is 4.98 Å². The average Bonchev–Trinajstić information content (AvgIpc) is 2.67. The molecule has 0 aliphatic rings. The third kappa shape index (κ3) is 4.66. The van der Waals surface area contributed by atoms with E-state index in [1.54, 1.807) is 6.07 Å². The van der Waals surface area contributed by atoms with Gasteiger partial charge in [-0.3, -0.25) is 4.79 Å². The van der Waals surface area contributed by atoms with Gasteiger partial charge in [0.2, 0.25) is 0 Å². The number of nitriles is 1. The molecule has 2 aromatic carbocycles. The Bertz CT molecular complexity index is 1010. The SMILES string of the molecule is Cc1cccc(NC(=O)c2cc(C#N)c(SCc3ccccc3)nc2N)c1. The van der Waals surface area contributed by atoms with Crippen molar-refractivity contribution in [1.29, 1.82) is 5.26 Å². The number of aromatic nitrogens is 1. The third-order valence-corrected chi connectivity index (χ3v) is 4.94. The third-order valence-electron chi connectivity index (χ3n) is 3.88. The minimum atomic E-state index is -0.387. The molecule has 6 heteroatoms. The van der Waals surface area contributed by atoms with Crippen molar-refractivity contribution in [2.75, 3.05) is 11.1 Å². The Kier molecular flexibility index (Phi) is 5.74. The van der Waals surface area contributed by atoms with Crippen LogP contribution in [0.4, 0.5) is 11.5 Å². The molecule has 0 bridgehead atoms. The van der Waals surface area contributed by atoms with Crippen molar-refractivity contribution in [1.82, 2.24) is 4.98 Å². The monoisotopic (exact) mass is 374 g/mol. The summed E-state index contributed by atoms with van der Waals surface area (Å²) in [5.41, 5.74) is 9.35. The summed E-state index contributed by atoms with van der Waals surface area (Å²) in [5.74, 6) is 0.382.